The average Bonchev–Trinajstić information content (AvgIpc) is 3.33. The van der Waals surface area contributed by atoms with Crippen molar-refractivity contribution in [1.82, 2.24) is 19.9 Å². The zero-order valence-corrected chi connectivity index (χ0v) is 19.3. The summed E-state index contributed by atoms with van der Waals surface area (Å²) < 4.78 is 0.919. The second-order valence-electron chi connectivity index (χ2n) is 8.01. The lowest BCUT2D eigenvalue weighted by Gasteiger charge is -2.22. The number of nitrogens with two attached hydrogens (primary N) is 1. The lowest BCUT2D eigenvalue weighted by atomic mass is 9.97. The number of hydrazone groups is 1. The monoisotopic (exact) mass is 470 g/mol. The van der Waals surface area contributed by atoms with Crippen LogP contribution in [0.3, 0.4) is 0 Å². The lowest BCUT2D eigenvalue weighted by molar-refractivity contribution is -0.130. The highest BCUT2D eigenvalue weighted by Crippen LogP contribution is 2.34. The van der Waals surface area contributed by atoms with Crippen LogP contribution in [0.5, 0.6) is 0 Å². The van der Waals surface area contributed by atoms with E-state index in [4.69, 9.17) is 10.9 Å². The van der Waals surface area contributed by atoms with Gasteiger partial charge >= 0.3 is 0 Å². The highest BCUT2D eigenvalue weighted by atomic mass is 32.2. The summed E-state index contributed by atoms with van der Waals surface area (Å²) in [6.45, 7) is 1.54. The molecule has 0 spiro atoms. The maximum Gasteiger partial charge on any atom is 0.294 e. The van der Waals surface area contributed by atoms with Gasteiger partial charge in [-0.1, -0.05) is 78.5 Å². The zero-order chi connectivity index (χ0) is 23.7. The Kier molecular flexibility index (Phi) is 5.85. The van der Waals surface area contributed by atoms with Gasteiger partial charge in [-0.25, -0.2) is 5.01 Å². The molecule has 0 bridgehead atoms. The number of aromatic nitrogens is 3. The third-order valence-corrected chi connectivity index (χ3v) is 6.71. The second kappa shape index (κ2) is 9.11. The molecule has 1 aromatic heterocycles. The van der Waals surface area contributed by atoms with Gasteiger partial charge < -0.3 is 5.84 Å². The van der Waals surface area contributed by atoms with Gasteiger partial charge in [0, 0.05) is 6.42 Å². The second-order valence-corrected chi connectivity index (χ2v) is 8.95. The minimum atomic E-state index is -0.440. The molecule has 2 N–H and O–H groups in total. The van der Waals surface area contributed by atoms with Gasteiger partial charge in [0.05, 0.1) is 17.5 Å². The fourth-order valence-corrected chi connectivity index (χ4v) is 4.68. The van der Waals surface area contributed by atoms with Gasteiger partial charge in [0.1, 0.15) is 5.69 Å². The van der Waals surface area contributed by atoms with E-state index in [2.05, 4.69) is 34.5 Å². The maximum atomic E-state index is 13.3. The van der Waals surface area contributed by atoms with Crippen LogP contribution in [0.2, 0.25) is 0 Å². The highest BCUT2D eigenvalue weighted by Gasteiger charge is 2.33. The summed E-state index contributed by atoms with van der Waals surface area (Å²) in [4.78, 5) is 25.3. The van der Waals surface area contributed by atoms with Crippen LogP contribution in [0.1, 0.15) is 29.3 Å². The third-order valence-electron chi connectivity index (χ3n) is 5.78. The lowest BCUT2D eigenvalue weighted by Crippen LogP contribution is -2.33. The first-order chi connectivity index (χ1) is 16.5. The zero-order valence-electron chi connectivity index (χ0n) is 18.5. The number of carbonyl (C=O) groups excluding carboxylic acids is 1. The number of fused-ring (bicyclic) bond motifs is 1. The molecule has 34 heavy (non-hydrogen) atoms. The van der Waals surface area contributed by atoms with E-state index in [1.165, 1.54) is 11.9 Å². The smallest absolute Gasteiger partial charge is 0.294 e. The van der Waals surface area contributed by atoms with Crippen LogP contribution >= 0.6 is 11.8 Å². The Labute approximate surface area is 200 Å². The van der Waals surface area contributed by atoms with Crippen molar-refractivity contribution in [3.05, 3.63) is 100.0 Å². The van der Waals surface area contributed by atoms with Crippen LogP contribution in [0.4, 0.5) is 0 Å². The predicted octanol–water partition coefficient (Wildman–Crippen LogP) is 3.28. The van der Waals surface area contributed by atoms with E-state index in [1.807, 2.05) is 48.5 Å². The van der Waals surface area contributed by atoms with Crippen molar-refractivity contribution in [3.63, 3.8) is 0 Å². The molecule has 1 aliphatic heterocycles. The number of amides is 1. The molecule has 1 atom stereocenters. The highest BCUT2D eigenvalue weighted by molar-refractivity contribution is 7.99. The Bertz CT molecular complexity index is 1470. The van der Waals surface area contributed by atoms with Crippen molar-refractivity contribution in [2.45, 2.75) is 24.5 Å². The molecule has 0 aliphatic carbocycles. The summed E-state index contributed by atoms with van der Waals surface area (Å²) in [7, 11) is 0. The summed E-state index contributed by atoms with van der Waals surface area (Å²) in [6, 6.07) is 24.0. The Morgan fingerprint density at radius 1 is 1.03 bits per heavy atom. The fraction of sp³-hybridized carbons (Fsp3) is 0.160. The van der Waals surface area contributed by atoms with Gasteiger partial charge in [-0.3, -0.25) is 9.59 Å². The first kappa shape index (κ1) is 21.8. The number of hydrogen-bond acceptors (Lipinski definition) is 7. The normalized spacial score (nSPS) is 15.5. The minimum Gasteiger partial charge on any atom is -0.334 e. The van der Waals surface area contributed by atoms with E-state index in [-0.39, 0.29) is 28.6 Å². The number of rotatable bonds is 5. The SMILES string of the molecule is Cc1nnc(SCC(=O)N2N=C(c3ccc4ccccc4c3)CC2c2ccccc2)n(N)c1=O. The molecule has 0 radical (unpaired) electrons. The van der Waals surface area contributed by atoms with Gasteiger partial charge in [-0.2, -0.15) is 9.78 Å². The molecule has 5 rings (SSSR count). The molecule has 2 heterocycles. The largest absolute Gasteiger partial charge is 0.334 e. The summed E-state index contributed by atoms with van der Waals surface area (Å²) in [5.74, 6) is 5.63. The Balaban J connectivity index is 1.44. The van der Waals surface area contributed by atoms with Crippen LogP contribution in [0, 0.1) is 6.92 Å². The van der Waals surface area contributed by atoms with E-state index in [9.17, 15) is 9.59 Å². The number of nitrogens with zero attached hydrogens (tertiary/aromatic N) is 5. The first-order valence-electron chi connectivity index (χ1n) is 10.8. The molecule has 1 amide bonds. The molecule has 1 unspecified atom stereocenters. The molecule has 0 saturated heterocycles. The summed E-state index contributed by atoms with van der Waals surface area (Å²) in [5, 5.41) is 16.5. The van der Waals surface area contributed by atoms with Gasteiger partial charge in [0.25, 0.3) is 11.5 Å². The van der Waals surface area contributed by atoms with Crippen molar-refractivity contribution in [3.8, 4) is 0 Å². The van der Waals surface area contributed by atoms with Gasteiger partial charge in [0.15, 0.2) is 0 Å². The Hall–Kier alpha value is -3.98. The molecule has 8 nitrogen and oxygen atoms in total. The molecule has 1 aliphatic rings. The Morgan fingerprint density at radius 3 is 2.56 bits per heavy atom. The number of aryl methyl sites for hydroxylation is 1. The topological polar surface area (TPSA) is 106 Å². The van der Waals surface area contributed by atoms with Gasteiger partial charge in [-0.05, 0) is 34.9 Å². The fourth-order valence-electron chi connectivity index (χ4n) is 3.98. The van der Waals surface area contributed by atoms with E-state index in [0.29, 0.717) is 6.42 Å². The van der Waals surface area contributed by atoms with Crippen LogP contribution < -0.4 is 11.4 Å². The standard InChI is InChI=1S/C25H22N6O2S/c1-16-24(33)30(26)25(28-27-16)34-15-23(32)31-22(18-8-3-2-4-9-18)14-21(29-31)20-12-11-17-7-5-6-10-19(17)13-20/h2-13,22H,14-15,26H2,1H3. The number of hydrogen-bond donors (Lipinski definition) is 1. The van der Waals surface area contributed by atoms with Crippen LogP contribution in [0.15, 0.2) is 87.8 Å². The van der Waals surface area contributed by atoms with Gasteiger partial charge in [-0.15, -0.1) is 10.2 Å². The molecular formula is C25H22N6O2S. The number of benzene rings is 3. The summed E-state index contributed by atoms with van der Waals surface area (Å²) >= 11 is 1.06. The number of nitrogen functional groups attached to an aromatic ring is 1. The van der Waals surface area contributed by atoms with Crippen molar-refractivity contribution in [1.29, 1.82) is 0 Å². The van der Waals surface area contributed by atoms with Crippen LogP contribution in [0.25, 0.3) is 10.8 Å². The van der Waals surface area contributed by atoms with E-state index in [0.717, 1.165) is 44.0 Å². The molecule has 3 aromatic carbocycles. The average molecular weight is 471 g/mol. The third kappa shape index (κ3) is 4.17. The molecule has 170 valence electrons. The Morgan fingerprint density at radius 2 is 1.76 bits per heavy atom. The molecular weight excluding hydrogens is 448 g/mol. The maximum absolute atomic E-state index is 13.3. The van der Waals surface area contributed by atoms with Crippen molar-refractivity contribution in [2.75, 3.05) is 11.6 Å². The summed E-state index contributed by atoms with van der Waals surface area (Å²) in [5.41, 5.74) is 2.61. The number of thioether (sulfide) groups is 1. The van der Waals surface area contributed by atoms with Crippen molar-refractivity contribution in [2.24, 2.45) is 5.10 Å². The quantitative estimate of drug-likeness (QED) is 0.354. The number of carbonyl (C=O) groups is 1. The molecule has 9 heteroatoms. The molecule has 4 aromatic rings. The van der Waals surface area contributed by atoms with Crippen LogP contribution in [-0.4, -0.2) is 37.3 Å². The van der Waals surface area contributed by atoms with Gasteiger partial charge in [0.2, 0.25) is 5.16 Å². The predicted molar refractivity (Wildman–Crippen MR) is 133 cm³/mol. The minimum absolute atomic E-state index is 0.0201. The molecule has 0 fully saturated rings. The summed E-state index contributed by atoms with van der Waals surface area (Å²) in [6.07, 6.45) is 0.602. The van der Waals surface area contributed by atoms with Crippen molar-refractivity contribution < 1.29 is 4.79 Å². The first-order valence-corrected chi connectivity index (χ1v) is 11.8. The van der Waals surface area contributed by atoms with Crippen LogP contribution in [-0.2, 0) is 4.79 Å². The van der Waals surface area contributed by atoms with E-state index < -0.39 is 5.56 Å². The van der Waals surface area contributed by atoms with Crippen molar-refractivity contribution >= 4 is 34.2 Å². The van der Waals surface area contributed by atoms with E-state index in [1.54, 1.807) is 0 Å². The van der Waals surface area contributed by atoms with E-state index >= 15 is 0 Å². The molecule has 0 saturated carbocycles.